The average molecular weight is 217 g/mol. The topological polar surface area (TPSA) is 12.0 Å². The van der Waals surface area contributed by atoms with Crippen molar-refractivity contribution in [3.63, 3.8) is 0 Å². The lowest BCUT2D eigenvalue weighted by Gasteiger charge is -2.33. The van der Waals surface area contributed by atoms with Crippen molar-refractivity contribution in [3.05, 3.63) is 35.4 Å². The molecule has 1 nitrogen and oxygen atoms in total. The maximum Gasteiger partial charge on any atom is 0.0299 e. The highest BCUT2D eigenvalue weighted by molar-refractivity contribution is 5.37. The van der Waals surface area contributed by atoms with E-state index in [1.165, 1.54) is 17.5 Å². The van der Waals surface area contributed by atoms with Crippen molar-refractivity contribution in [2.45, 2.75) is 58.0 Å². The lowest BCUT2D eigenvalue weighted by Crippen LogP contribution is -2.42. The van der Waals surface area contributed by atoms with E-state index in [0.717, 1.165) is 0 Å². The second-order valence-electron chi connectivity index (χ2n) is 6.40. The van der Waals surface area contributed by atoms with Crippen molar-refractivity contribution in [2.24, 2.45) is 0 Å². The Morgan fingerprint density at radius 1 is 1.12 bits per heavy atom. The number of fused-ring (bicyclic) bond motifs is 1. The fraction of sp³-hybridized carbons (Fsp3) is 0.600. The van der Waals surface area contributed by atoms with Gasteiger partial charge in [0.25, 0.3) is 0 Å². The molecule has 1 aromatic carbocycles. The van der Waals surface area contributed by atoms with Crippen LogP contribution in [0.25, 0.3) is 0 Å². The van der Waals surface area contributed by atoms with Crippen LogP contribution in [-0.2, 0) is 5.41 Å². The standard InChI is InChI=1S/C15H23N/c1-11-12-8-6-7-9-13(12)14(2,3)10-15(4,5)16-11/h6-9,11,16H,10H2,1-5H3. The van der Waals surface area contributed by atoms with Gasteiger partial charge in [-0.1, -0.05) is 38.1 Å². The molecule has 0 aliphatic carbocycles. The van der Waals surface area contributed by atoms with E-state index in [4.69, 9.17) is 0 Å². The summed E-state index contributed by atoms with van der Waals surface area (Å²) in [5.74, 6) is 0. The summed E-state index contributed by atoms with van der Waals surface area (Å²) < 4.78 is 0. The fourth-order valence-electron chi connectivity index (χ4n) is 3.41. The largest absolute Gasteiger partial charge is 0.305 e. The van der Waals surface area contributed by atoms with Crippen molar-refractivity contribution < 1.29 is 0 Å². The molecule has 1 N–H and O–H groups in total. The Kier molecular flexibility index (Phi) is 2.62. The average Bonchev–Trinajstić information content (AvgIpc) is 2.20. The molecule has 0 fully saturated rings. The van der Waals surface area contributed by atoms with E-state index in [2.05, 4.69) is 64.2 Å². The monoisotopic (exact) mass is 217 g/mol. The number of rotatable bonds is 0. The first-order chi connectivity index (χ1) is 7.32. The quantitative estimate of drug-likeness (QED) is 0.697. The van der Waals surface area contributed by atoms with Crippen LogP contribution in [0.4, 0.5) is 0 Å². The Morgan fingerprint density at radius 2 is 1.75 bits per heavy atom. The van der Waals surface area contributed by atoms with E-state index in [1.54, 1.807) is 0 Å². The first-order valence-corrected chi connectivity index (χ1v) is 6.19. The van der Waals surface area contributed by atoms with Crippen LogP contribution in [-0.4, -0.2) is 5.54 Å². The fourth-order valence-corrected chi connectivity index (χ4v) is 3.41. The number of hydrogen-bond donors (Lipinski definition) is 1. The minimum Gasteiger partial charge on any atom is -0.305 e. The summed E-state index contributed by atoms with van der Waals surface area (Å²) in [7, 11) is 0. The van der Waals surface area contributed by atoms with Gasteiger partial charge in [0.15, 0.2) is 0 Å². The van der Waals surface area contributed by atoms with E-state index >= 15 is 0 Å². The van der Waals surface area contributed by atoms with Crippen LogP contribution in [0.15, 0.2) is 24.3 Å². The molecule has 1 unspecified atom stereocenters. The summed E-state index contributed by atoms with van der Waals surface area (Å²) in [5.41, 5.74) is 3.40. The van der Waals surface area contributed by atoms with Gasteiger partial charge < -0.3 is 5.32 Å². The second-order valence-corrected chi connectivity index (χ2v) is 6.40. The molecule has 0 bridgehead atoms. The predicted octanol–water partition coefficient (Wildman–Crippen LogP) is 3.80. The Balaban J connectivity index is 2.55. The Morgan fingerprint density at radius 3 is 2.44 bits per heavy atom. The highest BCUT2D eigenvalue weighted by Crippen LogP contribution is 2.40. The van der Waals surface area contributed by atoms with Crippen LogP contribution in [0.1, 0.15) is 58.2 Å². The molecule has 0 amide bonds. The number of benzene rings is 1. The van der Waals surface area contributed by atoms with Crippen molar-refractivity contribution in [3.8, 4) is 0 Å². The second kappa shape index (κ2) is 3.59. The van der Waals surface area contributed by atoms with Crippen LogP contribution in [0.5, 0.6) is 0 Å². The summed E-state index contributed by atoms with van der Waals surface area (Å²) in [6.45, 7) is 11.6. The third kappa shape index (κ3) is 2.01. The molecule has 0 saturated carbocycles. The molecular weight excluding hydrogens is 194 g/mol. The van der Waals surface area contributed by atoms with Gasteiger partial charge in [0.1, 0.15) is 0 Å². The first kappa shape index (κ1) is 11.7. The number of nitrogens with one attached hydrogen (secondary N) is 1. The van der Waals surface area contributed by atoms with Gasteiger partial charge in [0, 0.05) is 11.6 Å². The van der Waals surface area contributed by atoms with E-state index in [9.17, 15) is 0 Å². The molecule has 0 saturated heterocycles. The van der Waals surface area contributed by atoms with Gasteiger partial charge in [0.05, 0.1) is 0 Å². The molecule has 2 rings (SSSR count). The molecule has 1 heteroatoms. The third-order valence-electron chi connectivity index (χ3n) is 3.65. The van der Waals surface area contributed by atoms with Gasteiger partial charge in [-0.05, 0) is 43.7 Å². The van der Waals surface area contributed by atoms with E-state index in [1.807, 2.05) is 0 Å². The summed E-state index contributed by atoms with van der Waals surface area (Å²) in [6, 6.07) is 9.29. The van der Waals surface area contributed by atoms with Gasteiger partial charge in [-0.15, -0.1) is 0 Å². The van der Waals surface area contributed by atoms with Crippen molar-refractivity contribution in [1.82, 2.24) is 5.32 Å². The van der Waals surface area contributed by atoms with Gasteiger partial charge in [-0.25, -0.2) is 0 Å². The highest BCUT2D eigenvalue weighted by Gasteiger charge is 2.36. The maximum atomic E-state index is 3.73. The number of hydrogen-bond acceptors (Lipinski definition) is 1. The van der Waals surface area contributed by atoms with Crippen LogP contribution in [0.2, 0.25) is 0 Å². The Labute approximate surface area is 99.3 Å². The zero-order valence-electron chi connectivity index (χ0n) is 11.1. The molecular formula is C15H23N. The smallest absolute Gasteiger partial charge is 0.0299 e. The van der Waals surface area contributed by atoms with Crippen LogP contribution in [0.3, 0.4) is 0 Å². The van der Waals surface area contributed by atoms with Crippen LogP contribution >= 0.6 is 0 Å². The van der Waals surface area contributed by atoms with Crippen molar-refractivity contribution in [1.29, 1.82) is 0 Å². The maximum absolute atomic E-state index is 3.73. The SMILES string of the molecule is CC1NC(C)(C)CC(C)(C)c2ccccc21. The van der Waals surface area contributed by atoms with Gasteiger partial charge in [-0.2, -0.15) is 0 Å². The molecule has 1 heterocycles. The molecule has 1 aliphatic rings. The summed E-state index contributed by atoms with van der Waals surface area (Å²) >= 11 is 0. The molecule has 0 spiro atoms. The molecule has 1 atom stereocenters. The molecule has 0 radical (unpaired) electrons. The summed E-state index contributed by atoms with van der Waals surface area (Å²) in [5, 5.41) is 3.73. The molecule has 1 aromatic rings. The minimum absolute atomic E-state index is 0.196. The van der Waals surface area contributed by atoms with E-state index in [-0.39, 0.29) is 11.0 Å². The van der Waals surface area contributed by atoms with Crippen LogP contribution < -0.4 is 5.32 Å². The minimum atomic E-state index is 0.196. The normalized spacial score (nSPS) is 26.9. The van der Waals surface area contributed by atoms with Gasteiger partial charge in [-0.3, -0.25) is 0 Å². The van der Waals surface area contributed by atoms with Crippen molar-refractivity contribution in [2.75, 3.05) is 0 Å². The third-order valence-corrected chi connectivity index (χ3v) is 3.65. The first-order valence-electron chi connectivity index (χ1n) is 6.19. The van der Waals surface area contributed by atoms with E-state index in [0.29, 0.717) is 6.04 Å². The van der Waals surface area contributed by atoms with E-state index < -0.39 is 0 Å². The van der Waals surface area contributed by atoms with Crippen molar-refractivity contribution >= 4 is 0 Å². The predicted molar refractivity (Wildman–Crippen MR) is 69.7 cm³/mol. The lowest BCUT2D eigenvalue weighted by atomic mass is 9.75. The zero-order chi connectivity index (χ0) is 12.0. The van der Waals surface area contributed by atoms with Gasteiger partial charge in [0.2, 0.25) is 0 Å². The van der Waals surface area contributed by atoms with Gasteiger partial charge >= 0.3 is 0 Å². The molecule has 0 aromatic heterocycles. The highest BCUT2D eigenvalue weighted by atomic mass is 15.0. The molecule has 16 heavy (non-hydrogen) atoms. The van der Waals surface area contributed by atoms with Crippen LogP contribution in [0, 0.1) is 0 Å². The molecule has 1 aliphatic heterocycles. The lowest BCUT2D eigenvalue weighted by molar-refractivity contribution is 0.285. The Hall–Kier alpha value is -0.820. The molecule has 88 valence electrons. The zero-order valence-corrected chi connectivity index (χ0v) is 11.1. The summed E-state index contributed by atoms with van der Waals surface area (Å²) in [4.78, 5) is 0. The summed E-state index contributed by atoms with van der Waals surface area (Å²) in [6.07, 6.45) is 1.17. The Bertz CT molecular complexity index is 390.